The van der Waals surface area contributed by atoms with Gasteiger partial charge in [-0.05, 0) is 57.6 Å². The lowest BCUT2D eigenvalue weighted by Crippen LogP contribution is -2.56. The molecule has 2 aromatic rings. The summed E-state index contributed by atoms with van der Waals surface area (Å²) in [6.07, 6.45) is 2.30. The van der Waals surface area contributed by atoms with Crippen LogP contribution in [0.25, 0.3) is 10.4 Å². The zero-order chi connectivity index (χ0) is 27.4. The number of aryl methyl sites for hydroxylation is 1. The van der Waals surface area contributed by atoms with E-state index in [0.29, 0.717) is 6.54 Å². The Morgan fingerprint density at radius 3 is 2.47 bits per heavy atom. The summed E-state index contributed by atoms with van der Waals surface area (Å²) in [4.78, 5) is 46.3. The Hall–Kier alpha value is -2.98. The Kier molecular flexibility index (Phi) is 8.72. The SMILES string of the molecule is Cc1ncsc1-c1ccc(CNC(=O)[C@@H]2C[C@@H](O)CN2C(=O)[C@@H](NC(=O)OC(C)(C)C)C2CCCC2)cc1. The fourth-order valence-corrected chi connectivity index (χ4v) is 6.06. The second-order valence-electron chi connectivity index (χ2n) is 11.2. The number of carbonyl (C=O) groups excluding carboxylic acids is 3. The monoisotopic (exact) mass is 542 g/mol. The van der Waals surface area contributed by atoms with E-state index < -0.39 is 29.9 Å². The molecule has 3 atom stereocenters. The molecule has 2 fully saturated rings. The van der Waals surface area contributed by atoms with Crippen LogP contribution in [0.3, 0.4) is 0 Å². The summed E-state index contributed by atoms with van der Waals surface area (Å²) in [5, 5.41) is 16.1. The number of benzene rings is 1. The number of β-amino-alcohol motifs (C(OH)–C–C–N with tert-alkyl or cyclic N) is 1. The molecule has 0 radical (unpaired) electrons. The van der Waals surface area contributed by atoms with Crippen molar-refractivity contribution in [3.8, 4) is 10.4 Å². The maximum atomic E-state index is 13.7. The molecular formula is C28H38N4O5S. The second kappa shape index (κ2) is 11.8. The molecule has 0 unspecified atom stereocenters. The van der Waals surface area contributed by atoms with Crippen molar-refractivity contribution in [1.82, 2.24) is 20.5 Å². The van der Waals surface area contributed by atoms with Gasteiger partial charge in [-0.3, -0.25) is 9.59 Å². The fourth-order valence-electron chi connectivity index (χ4n) is 5.25. The Morgan fingerprint density at radius 1 is 1.18 bits per heavy atom. The topological polar surface area (TPSA) is 121 Å². The standard InChI is InChI=1S/C28H38N4O5S/c1-17-24(38-16-30-17)20-11-9-18(10-12-20)14-29-25(34)22-13-21(33)15-32(22)26(35)23(19-7-5-6-8-19)31-27(36)37-28(2,3)4/h9-12,16,19,21-23,33H,5-8,13-15H2,1-4H3,(H,29,34)(H,31,36)/t21-,22+,23+/m1/s1. The van der Waals surface area contributed by atoms with Crippen LogP contribution in [-0.4, -0.2) is 63.2 Å². The van der Waals surface area contributed by atoms with Gasteiger partial charge >= 0.3 is 6.09 Å². The zero-order valence-electron chi connectivity index (χ0n) is 22.5. The lowest BCUT2D eigenvalue weighted by atomic mass is 9.96. The van der Waals surface area contributed by atoms with Gasteiger partial charge in [0.15, 0.2) is 0 Å². The van der Waals surface area contributed by atoms with Crippen molar-refractivity contribution >= 4 is 29.2 Å². The van der Waals surface area contributed by atoms with Crippen molar-refractivity contribution in [2.24, 2.45) is 5.92 Å². The van der Waals surface area contributed by atoms with E-state index in [4.69, 9.17) is 4.74 Å². The smallest absolute Gasteiger partial charge is 0.408 e. The van der Waals surface area contributed by atoms with Gasteiger partial charge in [0.1, 0.15) is 17.7 Å². The van der Waals surface area contributed by atoms with Crippen LogP contribution in [0.5, 0.6) is 0 Å². The number of thiazole rings is 1. The number of ether oxygens (including phenoxy) is 1. The van der Waals surface area contributed by atoms with E-state index in [2.05, 4.69) is 15.6 Å². The Bertz CT molecular complexity index is 1140. The molecule has 1 aromatic carbocycles. The fraction of sp³-hybridized carbons (Fsp3) is 0.571. The summed E-state index contributed by atoms with van der Waals surface area (Å²) in [6, 6.07) is 6.33. The van der Waals surface area contributed by atoms with E-state index in [-0.39, 0.29) is 30.7 Å². The van der Waals surface area contributed by atoms with Crippen LogP contribution in [0.1, 0.15) is 64.1 Å². The molecule has 1 aliphatic heterocycles. The summed E-state index contributed by atoms with van der Waals surface area (Å²) in [7, 11) is 0. The number of aliphatic hydroxyl groups excluding tert-OH is 1. The van der Waals surface area contributed by atoms with Crippen LogP contribution < -0.4 is 10.6 Å². The van der Waals surface area contributed by atoms with Gasteiger partial charge in [0.05, 0.1) is 22.2 Å². The van der Waals surface area contributed by atoms with E-state index in [9.17, 15) is 19.5 Å². The second-order valence-corrected chi connectivity index (χ2v) is 12.1. The van der Waals surface area contributed by atoms with Crippen LogP contribution in [-0.2, 0) is 20.9 Å². The third-order valence-electron chi connectivity index (χ3n) is 7.10. The number of aromatic nitrogens is 1. The molecule has 1 aromatic heterocycles. The summed E-state index contributed by atoms with van der Waals surface area (Å²) >= 11 is 1.59. The van der Waals surface area contributed by atoms with Crippen molar-refractivity contribution < 1.29 is 24.2 Å². The first-order valence-electron chi connectivity index (χ1n) is 13.3. The van der Waals surface area contributed by atoms with E-state index in [1.165, 1.54) is 4.90 Å². The van der Waals surface area contributed by atoms with Gasteiger partial charge in [0.25, 0.3) is 0 Å². The Morgan fingerprint density at radius 2 is 1.87 bits per heavy atom. The van der Waals surface area contributed by atoms with Gasteiger partial charge in [0.2, 0.25) is 11.8 Å². The van der Waals surface area contributed by atoms with E-state index in [1.54, 1.807) is 32.1 Å². The summed E-state index contributed by atoms with van der Waals surface area (Å²) in [5.41, 5.74) is 4.11. The molecule has 1 saturated carbocycles. The van der Waals surface area contributed by atoms with Crippen LogP contribution >= 0.6 is 11.3 Å². The van der Waals surface area contributed by atoms with E-state index in [0.717, 1.165) is 47.4 Å². The largest absolute Gasteiger partial charge is 0.444 e. The minimum absolute atomic E-state index is 0.0304. The van der Waals surface area contributed by atoms with Crippen molar-refractivity contribution in [3.63, 3.8) is 0 Å². The molecule has 1 aliphatic carbocycles. The average Bonchev–Trinajstić information content (AvgIpc) is 3.61. The molecule has 9 nitrogen and oxygen atoms in total. The maximum Gasteiger partial charge on any atom is 0.408 e. The molecule has 10 heteroatoms. The number of nitrogens with zero attached hydrogens (tertiary/aromatic N) is 2. The van der Waals surface area contributed by atoms with Crippen molar-refractivity contribution in [3.05, 3.63) is 41.0 Å². The van der Waals surface area contributed by atoms with Crippen molar-refractivity contribution in [2.75, 3.05) is 6.54 Å². The molecule has 3 N–H and O–H groups in total. The quantitative estimate of drug-likeness (QED) is 0.490. The van der Waals surface area contributed by atoms with Crippen LogP contribution in [0.15, 0.2) is 29.8 Å². The number of hydrogen-bond donors (Lipinski definition) is 3. The molecule has 0 bridgehead atoms. The van der Waals surface area contributed by atoms with Gasteiger partial charge < -0.3 is 25.4 Å². The molecule has 4 rings (SSSR count). The molecule has 0 spiro atoms. The summed E-state index contributed by atoms with van der Waals surface area (Å²) in [5.74, 6) is -0.694. The van der Waals surface area contributed by atoms with E-state index in [1.807, 2.05) is 36.7 Å². The maximum absolute atomic E-state index is 13.7. The third kappa shape index (κ3) is 6.91. The molecule has 2 aliphatic rings. The first-order valence-corrected chi connectivity index (χ1v) is 14.1. The van der Waals surface area contributed by atoms with Crippen LogP contribution in [0.2, 0.25) is 0 Å². The minimum atomic E-state index is -0.805. The highest BCUT2D eigenvalue weighted by Gasteiger charge is 2.44. The highest BCUT2D eigenvalue weighted by Crippen LogP contribution is 2.31. The zero-order valence-corrected chi connectivity index (χ0v) is 23.3. The molecule has 1 saturated heterocycles. The third-order valence-corrected chi connectivity index (χ3v) is 8.08. The van der Waals surface area contributed by atoms with Gasteiger partial charge in [-0.15, -0.1) is 11.3 Å². The van der Waals surface area contributed by atoms with Crippen LogP contribution in [0, 0.1) is 12.8 Å². The normalized spacial score (nSPS) is 20.8. The van der Waals surface area contributed by atoms with Gasteiger partial charge in [-0.2, -0.15) is 0 Å². The summed E-state index contributed by atoms with van der Waals surface area (Å²) < 4.78 is 5.41. The highest BCUT2D eigenvalue weighted by molar-refractivity contribution is 7.13. The molecular weight excluding hydrogens is 504 g/mol. The number of rotatable bonds is 7. The molecule has 206 valence electrons. The first-order chi connectivity index (χ1) is 18.0. The lowest BCUT2D eigenvalue weighted by molar-refractivity contribution is -0.141. The molecule has 38 heavy (non-hydrogen) atoms. The Balaban J connectivity index is 1.41. The number of alkyl carbamates (subject to hydrolysis) is 1. The number of nitrogens with one attached hydrogen (secondary N) is 2. The van der Waals surface area contributed by atoms with Gasteiger partial charge in [0, 0.05) is 19.5 Å². The predicted octanol–water partition coefficient (Wildman–Crippen LogP) is 3.78. The van der Waals surface area contributed by atoms with Crippen LogP contribution in [0.4, 0.5) is 4.79 Å². The van der Waals surface area contributed by atoms with Crippen molar-refractivity contribution in [1.29, 1.82) is 0 Å². The first kappa shape index (κ1) is 28.0. The number of carbonyl (C=O) groups is 3. The molecule has 3 amide bonds. The number of likely N-dealkylation sites (tertiary alicyclic amines) is 1. The summed E-state index contributed by atoms with van der Waals surface area (Å²) in [6.45, 7) is 7.64. The average molecular weight is 543 g/mol. The van der Waals surface area contributed by atoms with Gasteiger partial charge in [-0.25, -0.2) is 9.78 Å². The number of amides is 3. The predicted molar refractivity (Wildman–Crippen MR) is 145 cm³/mol. The Labute approximate surface area is 228 Å². The molecule has 2 heterocycles. The van der Waals surface area contributed by atoms with Gasteiger partial charge in [-0.1, -0.05) is 37.1 Å². The highest BCUT2D eigenvalue weighted by atomic mass is 32.1. The van der Waals surface area contributed by atoms with E-state index >= 15 is 0 Å². The lowest BCUT2D eigenvalue weighted by Gasteiger charge is -2.32. The number of aliphatic hydroxyl groups is 1. The minimum Gasteiger partial charge on any atom is -0.444 e. The number of hydrogen-bond acceptors (Lipinski definition) is 7. The van der Waals surface area contributed by atoms with Crippen molar-refractivity contribution in [2.45, 2.75) is 90.1 Å².